The maximum Gasteiger partial charge on any atom is 0.0446 e. The summed E-state index contributed by atoms with van der Waals surface area (Å²) in [6.45, 7) is 4.75. The Kier molecular flexibility index (Phi) is 5.33. The van der Waals surface area contributed by atoms with Gasteiger partial charge in [0.1, 0.15) is 0 Å². The van der Waals surface area contributed by atoms with Crippen molar-refractivity contribution in [2.24, 2.45) is 0 Å². The van der Waals surface area contributed by atoms with E-state index in [1.54, 1.807) is 4.88 Å². The third kappa shape index (κ3) is 3.86. The summed E-state index contributed by atoms with van der Waals surface area (Å²) >= 11 is 2.03. The van der Waals surface area contributed by atoms with Crippen molar-refractivity contribution in [2.75, 3.05) is 33.3 Å². The zero-order chi connectivity index (χ0) is 14.7. The Labute approximate surface area is 132 Å². The van der Waals surface area contributed by atoms with Crippen molar-refractivity contribution >= 4 is 11.3 Å². The van der Waals surface area contributed by atoms with Crippen LogP contribution in [0.1, 0.15) is 47.8 Å². The number of aliphatic hydroxyl groups is 1. The molecule has 3 rings (SSSR count). The summed E-state index contributed by atoms with van der Waals surface area (Å²) in [4.78, 5) is 8.09. The number of hydrogen-bond donors (Lipinski definition) is 1. The average molecular weight is 308 g/mol. The third-order valence-electron chi connectivity index (χ3n) is 5.14. The molecule has 2 fully saturated rings. The Morgan fingerprint density at radius 1 is 1.24 bits per heavy atom. The lowest BCUT2D eigenvalue weighted by Gasteiger charge is -2.39. The van der Waals surface area contributed by atoms with Crippen LogP contribution < -0.4 is 0 Å². The average Bonchev–Trinajstić information content (AvgIpc) is 3.13. The van der Waals surface area contributed by atoms with Crippen LogP contribution in [0.5, 0.6) is 0 Å². The molecule has 2 aliphatic rings. The highest BCUT2D eigenvalue weighted by molar-refractivity contribution is 7.12. The quantitative estimate of drug-likeness (QED) is 0.906. The summed E-state index contributed by atoms with van der Waals surface area (Å²) in [7, 11) is 2.18. The molecule has 1 aliphatic heterocycles. The molecule has 0 amide bonds. The second kappa shape index (κ2) is 7.23. The van der Waals surface area contributed by atoms with E-state index in [1.165, 1.54) is 30.6 Å². The van der Waals surface area contributed by atoms with Gasteiger partial charge in [-0.2, -0.15) is 0 Å². The lowest BCUT2D eigenvalue weighted by molar-refractivity contribution is 0.0749. The molecule has 0 radical (unpaired) electrons. The Morgan fingerprint density at radius 2 is 2.05 bits per heavy atom. The first-order chi connectivity index (χ1) is 10.3. The van der Waals surface area contributed by atoms with Gasteiger partial charge in [0, 0.05) is 48.6 Å². The Bertz CT molecular complexity index is 442. The number of aliphatic hydroxyl groups excluding tert-OH is 1. The molecule has 0 bridgehead atoms. The third-order valence-corrected chi connectivity index (χ3v) is 6.38. The molecule has 21 heavy (non-hydrogen) atoms. The maximum atomic E-state index is 9.19. The van der Waals surface area contributed by atoms with Crippen LogP contribution >= 0.6 is 11.3 Å². The van der Waals surface area contributed by atoms with E-state index in [2.05, 4.69) is 29.0 Å². The zero-order valence-corrected chi connectivity index (χ0v) is 13.9. The van der Waals surface area contributed by atoms with Crippen molar-refractivity contribution in [1.82, 2.24) is 9.80 Å². The van der Waals surface area contributed by atoms with Crippen LogP contribution in [-0.4, -0.2) is 54.2 Å². The molecule has 1 N–H and O–H groups in total. The van der Waals surface area contributed by atoms with Crippen molar-refractivity contribution < 1.29 is 5.11 Å². The van der Waals surface area contributed by atoms with E-state index >= 15 is 0 Å². The van der Waals surface area contributed by atoms with Gasteiger partial charge in [0.05, 0.1) is 0 Å². The molecule has 1 aliphatic carbocycles. The van der Waals surface area contributed by atoms with E-state index in [9.17, 15) is 5.11 Å². The summed E-state index contributed by atoms with van der Waals surface area (Å²) < 4.78 is 0. The van der Waals surface area contributed by atoms with Crippen molar-refractivity contribution in [3.63, 3.8) is 0 Å². The molecule has 0 aromatic carbocycles. The van der Waals surface area contributed by atoms with Crippen LogP contribution in [0.3, 0.4) is 0 Å². The SMILES string of the molecule is CN1CCN(Cc2ccc(C3CCCC3)s2)CC1CCO. The lowest BCUT2D eigenvalue weighted by Crippen LogP contribution is -2.51. The van der Waals surface area contributed by atoms with Gasteiger partial charge in [0.15, 0.2) is 0 Å². The van der Waals surface area contributed by atoms with E-state index < -0.39 is 0 Å². The van der Waals surface area contributed by atoms with Crippen LogP contribution in [-0.2, 0) is 6.54 Å². The fourth-order valence-corrected chi connectivity index (χ4v) is 4.97. The first-order valence-electron chi connectivity index (χ1n) is 8.38. The minimum Gasteiger partial charge on any atom is -0.396 e. The van der Waals surface area contributed by atoms with E-state index in [0.717, 1.165) is 38.5 Å². The van der Waals surface area contributed by atoms with Gasteiger partial charge in [0.25, 0.3) is 0 Å². The van der Waals surface area contributed by atoms with Gasteiger partial charge < -0.3 is 10.0 Å². The smallest absolute Gasteiger partial charge is 0.0446 e. The van der Waals surface area contributed by atoms with Crippen molar-refractivity contribution in [3.05, 3.63) is 21.9 Å². The van der Waals surface area contributed by atoms with E-state index in [1.807, 2.05) is 11.3 Å². The minimum absolute atomic E-state index is 0.299. The van der Waals surface area contributed by atoms with Gasteiger partial charge in [-0.05, 0) is 44.4 Å². The van der Waals surface area contributed by atoms with E-state index in [0.29, 0.717) is 12.6 Å². The monoisotopic (exact) mass is 308 g/mol. The van der Waals surface area contributed by atoms with Gasteiger partial charge in [-0.1, -0.05) is 12.8 Å². The predicted octanol–water partition coefficient (Wildman–Crippen LogP) is 2.90. The van der Waals surface area contributed by atoms with Crippen LogP contribution in [0.2, 0.25) is 0 Å². The number of thiophene rings is 1. The Balaban J connectivity index is 1.56. The molecule has 1 aromatic heterocycles. The number of likely N-dealkylation sites (N-methyl/N-ethyl adjacent to an activating group) is 1. The minimum atomic E-state index is 0.299. The molecule has 1 saturated heterocycles. The number of hydrogen-bond acceptors (Lipinski definition) is 4. The van der Waals surface area contributed by atoms with Crippen LogP contribution in [0.15, 0.2) is 12.1 Å². The Hall–Kier alpha value is -0.420. The van der Waals surface area contributed by atoms with Gasteiger partial charge in [0.2, 0.25) is 0 Å². The standard InChI is InChI=1S/C17H28N2OS/c1-18-9-10-19(12-15(18)8-11-20)13-16-6-7-17(21-16)14-4-2-3-5-14/h6-7,14-15,20H,2-5,8-13H2,1H3. The summed E-state index contributed by atoms with van der Waals surface area (Å²) in [6.07, 6.45) is 6.52. The molecule has 0 spiro atoms. The van der Waals surface area contributed by atoms with Crippen LogP contribution in [0.25, 0.3) is 0 Å². The van der Waals surface area contributed by atoms with E-state index in [4.69, 9.17) is 0 Å². The summed E-state index contributed by atoms with van der Waals surface area (Å²) in [5, 5.41) is 9.19. The van der Waals surface area contributed by atoms with Crippen molar-refractivity contribution in [3.8, 4) is 0 Å². The first-order valence-corrected chi connectivity index (χ1v) is 9.20. The highest BCUT2D eigenvalue weighted by atomic mass is 32.1. The molecule has 118 valence electrons. The normalized spacial score (nSPS) is 25.7. The molecule has 4 heteroatoms. The van der Waals surface area contributed by atoms with Gasteiger partial charge in [-0.25, -0.2) is 0 Å². The van der Waals surface area contributed by atoms with Crippen molar-refractivity contribution in [1.29, 1.82) is 0 Å². The highest BCUT2D eigenvalue weighted by Gasteiger charge is 2.24. The lowest BCUT2D eigenvalue weighted by atomic mass is 10.1. The van der Waals surface area contributed by atoms with Gasteiger partial charge in [-0.3, -0.25) is 4.90 Å². The zero-order valence-electron chi connectivity index (χ0n) is 13.1. The molecular weight excluding hydrogens is 280 g/mol. The topological polar surface area (TPSA) is 26.7 Å². The summed E-state index contributed by atoms with van der Waals surface area (Å²) in [5.41, 5.74) is 0. The van der Waals surface area contributed by atoms with Crippen molar-refractivity contribution in [2.45, 2.75) is 50.6 Å². The predicted molar refractivity (Wildman–Crippen MR) is 88.9 cm³/mol. The second-order valence-corrected chi connectivity index (χ2v) is 7.87. The Morgan fingerprint density at radius 3 is 2.81 bits per heavy atom. The van der Waals surface area contributed by atoms with Crippen LogP contribution in [0, 0.1) is 0 Å². The van der Waals surface area contributed by atoms with E-state index in [-0.39, 0.29) is 0 Å². The molecule has 1 aromatic rings. The molecule has 1 unspecified atom stereocenters. The summed E-state index contributed by atoms with van der Waals surface area (Å²) in [6, 6.07) is 5.23. The molecule has 1 atom stereocenters. The second-order valence-electron chi connectivity index (χ2n) is 6.67. The highest BCUT2D eigenvalue weighted by Crippen LogP contribution is 2.37. The maximum absolute atomic E-state index is 9.19. The summed E-state index contributed by atoms with van der Waals surface area (Å²) in [5.74, 6) is 0.846. The molecule has 2 heterocycles. The van der Waals surface area contributed by atoms with Crippen LogP contribution in [0.4, 0.5) is 0 Å². The van der Waals surface area contributed by atoms with Gasteiger partial charge in [-0.15, -0.1) is 11.3 Å². The molecule has 3 nitrogen and oxygen atoms in total. The number of piperazine rings is 1. The fraction of sp³-hybridized carbons (Fsp3) is 0.765. The largest absolute Gasteiger partial charge is 0.396 e. The molecular formula is C17H28N2OS. The first kappa shape index (κ1) is 15.5. The molecule has 1 saturated carbocycles. The number of nitrogens with zero attached hydrogens (tertiary/aromatic N) is 2. The fourth-order valence-electron chi connectivity index (χ4n) is 3.74. The number of rotatable bonds is 5. The van der Waals surface area contributed by atoms with Gasteiger partial charge >= 0.3 is 0 Å².